The van der Waals surface area contributed by atoms with E-state index in [1.165, 1.54) is 0 Å². The van der Waals surface area contributed by atoms with Crippen molar-refractivity contribution in [2.45, 2.75) is 25.5 Å². The van der Waals surface area contributed by atoms with Crippen molar-refractivity contribution in [3.8, 4) is 0 Å². The number of ether oxygens (including phenoxy) is 2. The number of carbonyl (C=O) groups is 1. The van der Waals surface area contributed by atoms with Gasteiger partial charge in [0.05, 0.1) is 25.9 Å². The van der Waals surface area contributed by atoms with Crippen LogP contribution in [0, 0.1) is 0 Å². The van der Waals surface area contributed by atoms with Crippen molar-refractivity contribution in [3.63, 3.8) is 0 Å². The molecule has 1 amide bonds. The van der Waals surface area contributed by atoms with Crippen LogP contribution in [0.1, 0.15) is 13.3 Å². The highest BCUT2D eigenvalue weighted by atomic mass is 35.5. The zero-order chi connectivity index (χ0) is 11.4. The standard InChI is InChI=1S/C11H20N2O3.ClH/c1-9-7-13(3-5-16-9)11(14)6-10-8-15-4-2-12-10;/h9-10,12H,2-8H2,1H3;1H. The lowest BCUT2D eigenvalue weighted by Crippen LogP contribution is -2.49. The molecule has 0 spiro atoms. The van der Waals surface area contributed by atoms with Gasteiger partial charge in [0.2, 0.25) is 5.91 Å². The predicted molar refractivity (Wildman–Crippen MR) is 66.5 cm³/mol. The zero-order valence-corrected chi connectivity index (χ0v) is 11.0. The van der Waals surface area contributed by atoms with Crippen LogP contribution in [0.15, 0.2) is 0 Å². The normalized spacial score (nSPS) is 29.6. The number of hydrogen-bond donors (Lipinski definition) is 1. The molecular weight excluding hydrogens is 244 g/mol. The first-order chi connectivity index (χ1) is 7.75. The average Bonchev–Trinajstić information content (AvgIpc) is 2.30. The molecule has 6 heteroatoms. The number of hydrogen-bond acceptors (Lipinski definition) is 4. The Hall–Kier alpha value is -0.360. The second-order valence-electron chi connectivity index (χ2n) is 4.45. The molecule has 100 valence electrons. The molecule has 1 N–H and O–H groups in total. The number of morpholine rings is 2. The van der Waals surface area contributed by atoms with Crippen molar-refractivity contribution in [2.24, 2.45) is 0 Å². The molecule has 2 saturated heterocycles. The molecule has 0 aromatic heterocycles. The number of halogens is 1. The fourth-order valence-corrected chi connectivity index (χ4v) is 2.14. The van der Waals surface area contributed by atoms with Crippen LogP contribution in [0.4, 0.5) is 0 Å². The Balaban J connectivity index is 0.00000144. The molecule has 0 aliphatic carbocycles. The van der Waals surface area contributed by atoms with Crippen molar-refractivity contribution in [2.75, 3.05) is 39.5 Å². The van der Waals surface area contributed by atoms with Gasteiger partial charge in [-0.3, -0.25) is 4.79 Å². The monoisotopic (exact) mass is 264 g/mol. The van der Waals surface area contributed by atoms with Crippen molar-refractivity contribution in [1.29, 1.82) is 0 Å². The lowest BCUT2D eigenvalue weighted by molar-refractivity contribution is -0.139. The molecule has 17 heavy (non-hydrogen) atoms. The van der Waals surface area contributed by atoms with Gasteiger partial charge in [-0.05, 0) is 6.92 Å². The van der Waals surface area contributed by atoms with Crippen LogP contribution in [-0.2, 0) is 14.3 Å². The van der Waals surface area contributed by atoms with Gasteiger partial charge in [-0.1, -0.05) is 0 Å². The minimum atomic E-state index is 0. The van der Waals surface area contributed by atoms with Gasteiger partial charge in [0.25, 0.3) is 0 Å². The van der Waals surface area contributed by atoms with Crippen LogP contribution in [0.3, 0.4) is 0 Å². The summed E-state index contributed by atoms with van der Waals surface area (Å²) in [7, 11) is 0. The molecule has 0 bridgehead atoms. The predicted octanol–water partition coefficient (Wildman–Crippen LogP) is 0.0340. The van der Waals surface area contributed by atoms with Gasteiger partial charge in [0.15, 0.2) is 0 Å². The second kappa shape index (κ2) is 7.16. The van der Waals surface area contributed by atoms with Gasteiger partial charge in [-0.25, -0.2) is 0 Å². The molecule has 5 nitrogen and oxygen atoms in total. The van der Waals surface area contributed by atoms with E-state index >= 15 is 0 Å². The molecule has 2 atom stereocenters. The Morgan fingerprint density at radius 3 is 2.94 bits per heavy atom. The zero-order valence-electron chi connectivity index (χ0n) is 10.2. The summed E-state index contributed by atoms with van der Waals surface area (Å²) in [6.07, 6.45) is 0.695. The Morgan fingerprint density at radius 2 is 2.29 bits per heavy atom. The van der Waals surface area contributed by atoms with E-state index in [4.69, 9.17) is 9.47 Å². The maximum absolute atomic E-state index is 12.0. The molecule has 0 aromatic carbocycles. The fraction of sp³-hybridized carbons (Fsp3) is 0.909. The minimum absolute atomic E-state index is 0. The number of nitrogens with one attached hydrogen (secondary N) is 1. The van der Waals surface area contributed by atoms with Gasteiger partial charge in [0, 0.05) is 32.1 Å². The van der Waals surface area contributed by atoms with Crippen LogP contribution in [0.5, 0.6) is 0 Å². The van der Waals surface area contributed by atoms with E-state index in [1.54, 1.807) is 0 Å². The van der Waals surface area contributed by atoms with Crippen LogP contribution in [0.2, 0.25) is 0 Å². The summed E-state index contributed by atoms with van der Waals surface area (Å²) in [5.74, 6) is 0.207. The van der Waals surface area contributed by atoms with Crippen LogP contribution < -0.4 is 5.32 Å². The first kappa shape index (κ1) is 14.7. The highest BCUT2D eigenvalue weighted by molar-refractivity contribution is 5.85. The SMILES string of the molecule is CC1CN(C(=O)CC2COCCN2)CCO1.Cl. The van der Waals surface area contributed by atoms with Crippen molar-refractivity contribution in [3.05, 3.63) is 0 Å². The van der Waals surface area contributed by atoms with E-state index in [9.17, 15) is 4.79 Å². The molecule has 2 rings (SSSR count). The van der Waals surface area contributed by atoms with Crippen molar-refractivity contribution >= 4 is 18.3 Å². The summed E-state index contributed by atoms with van der Waals surface area (Å²) in [6.45, 7) is 6.33. The summed E-state index contributed by atoms with van der Waals surface area (Å²) >= 11 is 0. The lowest BCUT2D eigenvalue weighted by atomic mass is 10.1. The Bertz CT molecular complexity index is 247. The molecule has 2 aliphatic rings. The van der Waals surface area contributed by atoms with E-state index in [1.807, 2.05) is 11.8 Å². The van der Waals surface area contributed by atoms with Crippen LogP contribution in [0.25, 0.3) is 0 Å². The molecule has 2 aliphatic heterocycles. The van der Waals surface area contributed by atoms with Gasteiger partial charge in [-0.15, -0.1) is 12.4 Å². The smallest absolute Gasteiger partial charge is 0.224 e. The van der Waals surface area contributed by atoms with Gasteiger partial charge in [0.1, 0.15) is 0 Å². The maximum Gasteiger partial charge on any atom is 0.224 e. The number of nitrogens with zero attached hydrogens (tertiary/aromatic N) is 1. The molecular formula is C11H21ClN2O3. The number of amides is 1. The third-order valence-corrected chi connectivity index (χ3v) is 3.01. The highest BCUT2D eigenvalue weighted by Crippen LogP contribution is 2.08. The van der Waals surface area contributed by atoms with E-state index in [-0.39, 0.29) is 30.5 Å². The van der Waals surface area contributed by atoms with E-state index in [2.05, 4.69) is 5.32 Å². The Kier molecular flexibility index (Phi) is 6.19. The van der Waals surface area contributed by atoms with E-state index in [0.717, 1.165) is 19.7 Å². The molecule has 2 fully saturated rings. The quantitative estimate of drug-likeness (QED) is 0.765. The first-order valence-electron chi connectivity index (χ1n) is 5.96. The largest absolute Gasteiger partial charge is 0.378 e. The first-order valence-corrected chi connectivity index (χ1v) is 5.96. The maximum atomic E-state index is 12.0. The summed E-state index contributed by atoms with van der Waals surface area (Å²) in [5, 5.41) is 3.30. The topological polar surface area (TPSA) is 50.8 Å². The number of carbonyl (C=O) groups excluding carboxylic acids is 1. The fourth-order valence-electron chi connectivity index (χ4n) is 2.14. The second-order valence-corrected chi connectivity index (χ2v) is 4.45. The average molecular weight is 265 g/mol. The Labute approximate surface area is 108 Å². The minimum Gasteiger partial charge on any atom is -0.378 e. The van der Waals surface area contributed by atoms with Crippen LogP contribution >= 0.6 is 12.4 Å². The van der Waals surface area contributed by atoms with E-state index in [0.29, 0.717) is 26.2 Å². The van der Waals surface area contributed by atoms with Gasteiger partial charge in [-0.2, -0.15) is 0 Å². The summed E-state index contributed by atoms with van der Waals surface area (Å²) < 4.78 is 10.7. The molecule has 0 radical (unpaired) electrons. The third kappa shape index (κ3) is 4.43. The summed E-state index contributed by atoms with van der Waals surface area (Å²) in [5.41, 5.74) is 0. The lowest BCUT2D eigenvalue weighted by Gasteiger charge is -2.33. The van der Waals surface area contributed by atoms with Crippen molar-refractivity contribution < 1.29 is 14.3 Å². The summed E-state index contributed by atoms with van der Waals surface area (Å²) in [4.78, 5) is 13.9. The summed E-state index contributed by atoms with van der Waals surface area (Å²) in [6, 6.07) is 0.180. The van der Waals surface area contributed by atoms with Gasteiger partial charge >= 0.3 is 0 Å². The van der Waals surface area contributed by atoms with Gasteiger partial charge < -0.3 is 19.7 Å². The Morgan fingerprint density at radius 1 is 1.47 bits per heavy atom. The molecule has 2 heterocycles. The third-order valence-electron chi connectivity index (χ3n) is 3.01. The van der Waals surface area contributed by atoms with Crippen molar-refractivity contribution in [1.82, 2.24) is 10.2 Å². The number of rotatable bonds is 2. The molecule has 0 saturated carbocycles. The molecule has 2 unspecified atom stereocenters. The molecule has 0 aromatic rings. The highest BCUT2D eigenvalue weighted by Gasteiger charge is 2.24. The van der Waals surface area contributed by atoms with Crippen LogP contribution in [-0.4, -0.2) is 62.4 Å². The van der Waals surface area contributed by atoms with E-state index < -0.39 is 0 Å².